The van der Waals surface area contributed by atoms with Gasteiger partial charge in [-0.1, -0.05) is 18.7 Å². The number of hydrogen-bond donors (Lipinski definition) is 0. The van der Waals surface area contributed by atoms with Crippen LogP contribution >= 0.6 is 23.1 Å². The van der Waals surface area contributed by atoms with Gasteiger partial charge in [0.1, 0.15) is 11.2 Å². The summed E-state index contributed by atoms with van der Waals surface area (Å²) < 4.78 is 3.95. The van der Waals surface area contributed by atoms with Crippen LogP contribution in [0.4, 0.5) is 0 Å². The predicted molar refractivity (Wildman–Crippen MR) is 87.9 cm³/mol. The maximum atomic E-state index is 4.50. The Morgan fingerprint density at radius 1 is 1.36 bits per heavy atom. The molecule has 0 aromatic carbocycles. The molecule has 5 rings (SSSR count). The smallest absolute Gasteiger partial charge is 0.244 e. The van der Waals surface area contributed by atoms with E-state index in [1.807, 2.05) is 22.1 Å². The summed E-state index contributed by atoms with van der Waals surface area (Å²) in [5, 5.41) is 15.1. The van der Waals surface area contributed by atoms with Crippen LogP contribution in [0.25, 0.3) is 21.6 Å². The highest BCUT2D eigenvalue weighted by molar-refractivity contribution is 7.98. The van der Waals surface area contributed by atoms with Crippen LogP contribution in [0, 0.1) is 5.92 Å². The summed E-state index contributed by atoms with van der Waals surface area (Å²) in [6.07, 6.45) is 7.17. The molecule has 1 aliphatic carbocycles. The lowest BCUT2D eigenvalue weighted by molar-refractivity contribution is 0.509. The van der Waals surface area contributed by atoms with Crippen molar-refractivity contribution >= 4 is 44.7 Å². The second-order valence-electron chi connectivity index (χ2n) is 5.85. The number of hydrogen-bond acceptors (Lipinski definition) is 6. The Morgan fingerprint density at radius 3 is 3.14 bits per heavy atom. The van der Waals surface area contributed by atoms with Gasteiger partial charge in [-0.15, -0.1) is 21.5 Å². The number of aromatic nitrogens is 6. The van der Waals surface area contributed by atoms with Crippen molar-refractivity contribution in [3.05, 3.63) is 16.8 Å². The zero-order valence-electron chi connectivity index (χ0n) is 12.3. The van der Waals surface area contributed by atoms with Crippen LogP contribution in [0.1, 0.15) is 23.8 Å². The van der Waals surface area contributed by atoms with E-state index in [1.54, 1.807) is 18.1 Å². The summed E-state index contributed by atoms with van der Waals surface area (Å²) in [6.45, 7) is 2.33. The van der Waals surface area contributed by atoms with E-state index in [-0.39, 0.29) is 0 Å². The minimum Gasteiger partial charge on any atom is -0.244 e. The molecule has 8 heteroatoms. The molecule has 6 nitrogen and oxygen atoms in total. The van der Waals surface area contributed by atoms with Crippen molar-refractivity contribution in [2.75, 3.05) is 6.26 Å². The molecular formula is C14H14N6S2. The number of aryl methyl sites for hydroxylation is 1. The molecule has 4 heterocycles. The molecular weight excluding hydrogens is 316 g/mol. The van der Waals surface area contributed by atoms with Gasteiger partial charge in [-0.05, 0) is 37.0 Å². The minimum absolute atomic E-state index is 0.746. The molecule has 0 bridgehead atoms. The normalized spacial score (nSPS) is 18.5. The summed E-state index contributed by atoms with van der Waals surface area (Å²) >= 11 is 3.49. The third-order valence-electron chi connectivity index (χ3n) is 4.46. The Labute approximate surface area is 134 Å². The molecule has 1 atom stereocenters. The minimum atomic E-state index is 0.746. The zero-order valence-corrected chi connectivity index (χ0v) is 13.9. The first-order valence-electron chi connectivity index (χ1n) is 7.33. The Bertz CT molecular complexity index is 1030. The maximum absolute atomic E-state index is 4.50. The Kier molecular flexibility index (Phi) is 2.58. The van der Waals surface area contributed by atoms with Gasteiger partial charge < -0.3 is 0 Å². The first-order chi connectivity index (χ1) is 10.8. The van der Waals surface area contributed by atoms with E-state index in [1.165, 1.54) is 27.1 Å². The van der Waals surface area contributed by atoms with E-state index in [2.05, 4.69) is 31.6 Å². The van der Waals surface area contributed by atoms with Gasteiger partial charge in [0.2, 0.25) is 0 Å². The van der Waals surface area contributed by atoms with E-state index in [0.29, 0.717) is 0 Å². The number of fused-ring (bicyclic) bond motifs is 8. The molecule has 4 aromatic heterocycles. The third kappa shape index (κ3) is 1.51. The summed E-state index contributed by atoms with van der Waals surface area (Å²) in [5.41, 5.74) is 2.37. The Hall–Kier alpha value is -1.67. The quantitative estimate of drug-likeness (QED) is 0.502. The number of nitrogens with zero attached hydrogens (tertiary/aromatic N) is 6. The molecule has 0 radical (unpaired) electrons. The first-order valence-corrected chi connectivity index (χ1v) is 9.37. The molecule has 1 aliphatic rings. The predicted octanol–water partition coefficient (Wildman–Crippen LogP) is 2.83. The van der Waals surface area contributed by atoms with Crippen LogP contribution < -0.4 is 0 Å². The monoisotopic (exact) mass is 330 g/mol. The van der Waals surface area contributed by atoms with Crippen molar-refractivity contribution < 1.29 is 0 Å². The van der Waals surface area contributed by atoms with Gasteiger partial charge in [-0.3, -0.25) is 0 Å². The highest BCUT2D eigenvalue weighted by Gasteiger charge is 2.26. The first kappa shape index (κ1) is 12.8. The largest absolute Gasteiger partial charge is 0.260 e. The van der Waals surface area contributed by atoms with Gasteiger partial charge in [0.05, 0.1) is 5.39 Å². The fraction of sp³-hybridized carbons (Fsp3) is 0.429. The van der Waals surface area contributed by atoms with Crippen LogP contribution in [0.3, 0.4) is 0 Å². The third-order valence-corrected chi connectivity index (χ3v) is 6.32. The molecule has 112 valence electrons. The van der Waals surface area contributed by atoms with Crippen molar-refractivity contribution in [2.45, 2.75) is 31.3 Å². The Balaban J connectivity index is 2.04. The van der Waals surface area contributed by atoms with Crippen LogP contribution in [0.15, 0.2) is 11.5 Å². The second kappa shape index (κ2) is 4.42. The van der Waals surface area contributed by atoms with Crippen molar-refractivity contribution in [2.24, 2.45) is 5.92 Å². The summed E-state index contributed by atoms with van der Waals surface area (Å²) in [6, 6.07) is 0. The van der Waals surface area contributed by atoms with Gasteiger partial charge in [-0.25, -0.2) is 9.38 Å². The van der Waals surface area contributed by atoms with Crippen LogP contribution in [-0.4, -0.2) is 35.5 Å². The SMILES string of the molecule is CSc1nnc2n3ncnc3c3c4c(sc3n12)C[C@@H](C)CC4. The topological polar surface area (TPSA) is 60.4 Å². The highest BCUT2D eigenvalue weighted by atomic mass is 32.2. The van der Waals surface area contributed by atoms with E-state index >= 15 is 0 Å². The molecule has 22 heavy (non-hydrogen) atoms. The molecule has 0 unspecified atom stereocenters. The van der Waals surface area contributed by atoms with Gasteiger partial charge in [0.25, 0.3) is 5.78 Å². The molecule has 0 N–H and O–H groups in total. The molecule has 0 saturated carbocycles. The van der Waals surface area contributed by atoms with Crippen molar-refractivity contribution in [1.29, 1.82) is 0 Å². The van der Waals surface area contributed by atoms with Crippen molar-refractivity contribution in [1.82, 2.24) is 29.2 Å². The van der Waals surface area contributed by atoms with Gasteiger partial charge >= 0.3 is 0 Å². The van der Waals surface area contributed by atoms with Crippen LogP contribution in [0.5, 0.6) is 0 Å². The average Bonchev–Trinajstić information content (AvgIpc) is 3.21. The molecule has 0 aliphatic heterocycles. The number of thiophene rings is 1. The molecule has 0 amide bonds. The molecule has 0 fully saturated rings. The molecule has 4 aromatic rings. The fourth-order valence-electron chi connectivity index (χ4n) is 3.39. The van der Waals surface area contributed by atoms with Crippen molar-refractivity contribution in [3.8, 4) is 0 Å². The molecule has 0 spiro atoms. The van der Waals surface area contributed by atoms with E-state index < -0.39 is 0 Å². The summed E-state index contributed by atoms with van der Waals surface area (Å²) in [4.78, 5) is 7.21. The number of thioether (sulfide) groups is 1. The number of rotatable bonds is 1. The van der Waals surface area contributed by atoms with E-state index in [9.17, 15) is 0 Å². The second-order valence-corrected chi connectivity index (χ2v) is 7.71. The lowest BCUT2D eigenvalue weighted by Gasteiger charge is -2.17. The maximum Gasteiger partial charge on any atom is 0.260 e. The Morgan fingerprint density at radius 2 is 2.27 bits per heavy atom. The van der Waals surface area contributed by atoms with Gasteiger partial charge in [-0.2, -0.15) is 9.61 Å². The van der Waals surface area contributed by atoms with Crippen LogP contribution in [0.2, 0.25) is 0 Å². The lowest BCUT2D eigenvalue weighted by atomic mass is 9.89. The van der Waals surface area contributed by atoms with E-state index in [4.69, 9.17) is 0 Å². The van der Waals surface area contributed by atoms with Gasteiger partial charge in [0.15, 0.2) is 10.8 Å². The van der Waals surface area contributed by atoms with Crippen molar-refractivity contribution in [3.63, 3.8) is 0 Å². The zero-order chi connectivity index (χ0) is 14.8. The van der Waals surface area contributed by atoms with Gasteiger partial charge in [0, 0.05) is 4.88 Å². The molecule has 0 saturated heterocycles. The van der Waals surface area contributed by atoms with Crippen LogP contribution in [-0.2, 0) is 12.8 Å². The summed E-state index contributed by atoms with van der Waals surface area (Å²) in [5.74, 6) is 1.50. The standard InChI is InChI=1S/C14H14N6S2/c1-7-3-4-8-9(5-7)22-12-10(8)11-15-6-16-20(11)13-17-18-14(21-2)19(12)13/h6-7H,3-5H2,1-2H3/t7-/m0/s1. The van der Waals surface area contributed by atoms with E-state index in [0.717, 1.165) is 35.3 Å². The average molecular weight is 330 g/mol. The highest BCUT2D eigenvalue weighted by Crippen LogP contribution is 2.40. The summed E-state index contributed by atoms with van der Waals surface area (Å²) in [7, 11) is 0. The lowest BCUT2D eigenvalue weighted by Crippen LogP contribution is -2.08. The fourth-order valence-corrected chi connectivity index (χ4v) is 5.43.